The van der Waals surface area contributed by atoms with Crippen LogP contribution in [0.3, 0.4) is 0 Å². The normalized spacial score (nSPS) is 36.7. The van der Waals surface area contributed by atoms with Crippen molar-refractivity contribution in [3.05, 3.63) is 35.7 Å². The van der Waals surface area contributed by atoms with E-state index in [1.165, 1.54) is 0 Å². The van der Waals surface area contributed by atoms with E-state index in [9.17, 15) is 9.90 Å². The number of fused-ring (bicyclic) bond motifs is 1. The molecular formula is C21H28N2O4. The topological polar surface area (TPSA) is 92.0 Å². The first-order valence-corrected chi connectivity index (χ1v) is 9.58. The van der Waals surface area contributed by atoms with E-state index >= 15 is 0 Å². The van der Waals surface area contributed by atoms with E-state index in [0.29, 0.717) is 18.1 Å². The number of ether oxygens (including phenoxy) is 1. The van der Waals surface area contributed by atoms with Crippen LogP contribution >= 0.6 is 0 Å². The molecule has 1 saturated carbocycles. The van der Waals surface area contributed by atoms with Crippen molar-refractivity contribution < 1.29 is 19.8 Å². The molecule has 6 heteroatoms. The first-order chi connectivity index (χ1) is 12.8. The molecule has 2 fully saturated rings. The van der Waals surface area contributed by atoms with E-state index < -0.39 is 11.6 Å². The fourth-order valence-electron chi connectivity index (χ4n) is 4.93. The smallest absolute Gasteiger partial charge is 0.338 e. The molecule has 2 aliphatic rings. The van der Waals surface area contributed by atoms with Crippen molar-refractivity contribution in [1.82, 2.24) is 4.98 Å². The van der Waals surface area contributed by atoms with Crippen molar-refractivity contribution in [2.24, 2.45) is 28.8 Å². The second-order valence-electron chi connectivity index (χ2n) is 7.91. The predicted octanol–water partition coefficient (Wildman–Crippen LogP) is 3.27. The summed E-state index contributed by atoms with van der Waals surface area (Å²) in [4.78, 5) is 16.7. The fraction of sp³-hybridized carbons (Fsp3) is 0.571. The molecule has 3 rings (SSSR count). The van der Waals surface area contributed by atoms with Gasteiger partial charge >= 0.3 is 5.97 Å². The van der Waals surface area contributed by atoms with Gasteiger partial charge in [0.05, 0.1) is 11.4 Å². The Hall–Kier alpha value is -2.21. The summed E-state index contributed by atoms with van der Waals surface area (Å²) < 4.78 is 5.41. The summed E-state index contributed by atoms with van der Waals surface area (Å²) >= 11 is 0. The Balaban J connectivity index is 1.90. The lowest BCUT2D eigenvalue weighted by atomic mass is 9.59. The van der Waals surface area contributed by atoms with Crippen LogP contribution in [-0.4, -0.2) is 38.7 Å². The molecule has 0 amide bonds. The number of rotatable bonds is 4. The second kappa shape index (κ2) is 7.43. The van der Waals surface area contributed by atoms with Gasteiger partial charge in [0.1, 0.15) is 6.10 Å². The van der Waals surface area contributed by atoms with Crippen molar-refractivity contribution in [3.8, 4) is 0 Å². The number of hydrogen-bond donors (Lipinski definition) is 2. The molecule has 2 heterocycles. The zero-order valence-corrected chi connectivity index (χ0v) is 16.3. The third kappa shape index (κ3) is 3.38. The van der Waals surface area contributed by atoms with Crippen LogP contribution in [0.5, 0.6) is 0 Å². The monoisotopic (exact) mass is 372 g/mol. The first-order valence-electron chi connectivity index (χ1n) is 9.58. The third-order valence-corrected chi connectivity index (χ3v) is 6.29. The predicted molar refractivity (Wildman–Crippen MR) is 102 cm³/mol. The largest absolute Gasteiger partial charge is 0.460 e. The quantitative estimate of drug-likeness (QED) is 0.366. The van der Waals surface area contributed by atoms with Crippen LogP contribution < -0.4 is 0 Å². The molecule has 1 aliphatic heterocycles. The molecular weight excluding hydrogens is 344 g/mol. The van der Waals surface area contributed by atoms with Gasteiger partial charge in [-0.05, 0) is 56.2 Å². The zero-order chi connectivity index (χ0) is 19.8. The van der Waals surface area contributed by atoms with Gasteiger partial charge in [0, 0.05) is 17.7 Å². The molecule has 0 spiro atoms. The summed E-state index contributed by atoms with van der Waals surface area (Å²) in [6.45, 7) is 7.83. The van der Waals surface area contributed by atoms with Crippen molar-refractivity contribution >= 4 is 17.8 Å². The number of carbonyl (C=O) groups excluding carboxylic acids is 1. The number of pyridine rings is 1. The average molecular weight is 372 g/mol. The lowest BCUT2D eigenvalue weighted by molar-refractivity contribution is -0.160. The Labute approximate surface area is 160 Å². The molecule has 2 N–H and O–H groups in total. The Morgan fingerprint density at radius 3 is 2.78 bits per heavy atom. The van der Waals surface area contributed by atoms with Crippen LogP contribution in [-0.2, 0) is 9.53 Å². The molecule has 1 aliphatic carbocycles. The summed E-state index contributed by atoms with van der Waals surface area (Å²) in [5.74, 6) is -0.104. The van der Waals surface area contributed by atoms with E-state index in [2.05, 4.69) is 30.1 Å². The highest BCUT2D eigenvalue weighted by atomic mass is 16.6. The van der Waals surface area contributed by atoms with Crippen molar-refractivity contribution in [1.29, 1.82) is 0 Å². The van der Waals surface area contributed by atoms with Crippen LogP contribution in [0.15, 0.2) is 29.6 Å². The van der Waals surface area contributed by atoms with Gasteiger partial charge in [-0.1, -0.05) is 31.5 Å². The van der Waals surface area contributed by atoms with Gasteiger partial charge in [0.15, 0.2) is 5.60 Å². The molecule has 6 atom stereocenters. The van der Waals surface area contributed by atoms with E-state index in [4.69, 9.17) is 9.94 Å². The molecule has 0 aromatic carbocycles. The highest BCUT2D eigenvalue weighted by Crippen LogP contribution is 2.52. The molecule has 146 valence electrons. The molecule has 1 aromatic heterocycles. The van der Waals surface area contributed by atoms with Crippen molar-refractivity contribution in [2.45, 2.75) is 52.2 Å². The Kier molecular flexibility index (Phi) is 5.38. The summed E-state index contributed by atoms with van der Waals surface area (Å²) in [6, 6.07) is 3.71. The van der Waals surface area contributed by atoms with Gasteiger partial charge in [-0.2, -0.15) is 0 Å². The standard InChI is InChI=1S/C21H28N2O4/c1-5-17-12(2)10-21(25)19(14(4)27-20(21)24)18(17)9-8-16-7-6-15(11-22-16)13(3)23-26/h6-9,11-12,14,17-19,25-26H,5,10H2,1-4H3/b9-8+,23-13-/t12-,14+,17+,18-,19-,21-/m0/s1. The maximum Gasteiger partial charge on any atom is 0.338 e. The van der Waals surface area contributed by atoms with Gasteiger partial charge in [0.25, 0.3) is 0 Å². The molecule has 1 saturated heterocycles. The number of aliphatic hydroxyl groups is 1. The molecule has 1 aromatic rings. The number of carbonyl (C=O) groups is 1. The second-order valence-corrected chi connectivity index (χ2v) is 7.91. The third-order valence-electron chi connectivity index (χ3n) is 6.29. The van der Waals surface area contributed by atoms with Gasteiger partial charge in [-0.3, -0.25) is 4.98 Å². The van der Waals surface area contributed by atoms with Gasteiger partial charge < -0.3 is 15.1 Å². The molecule has 0 radical (unpaired) electrons. The Morgan fingerprint density at radius 1 is 1.44 bits per heavy atom. The lowest BCUT2D eigenvalue weighted by Gasteiger charge is -2.45. The van der Waals surface area contributed by atoms with Crippen LogP contribution in [0.1, 0.15) is 51.8 Å². The summed E-state index contributed by atoms with van der Waals surface area (Å²) in [6.07, 6.45) is 6.80. The van der Waals surface area contributed by atoms with Crippen molar-refractivity contribution in [3.63, 3.8) is 0 Å². The fourth-order valence-corrected chi connectivity index (χ4v) is 4.93. The highest BCUT2D eigenvalue weighted by Gasteiger charge is 2.62. The molecule has 27 heavy (non-hydrogen) atoms. The maximum atomic E-state index is 12.3. The van der Waals surface area contributed by atoms with Crippen LogP contribution in [0.4, 0.5) is 0 Å². The SMILES string of the molecule is CC[C@H]1[C@H](/C=C/c2ccc(/C(C)=N\O)cn2)[C@@H]2[C@@H](C)OC(=O)[C@]2(O)C[C@@H]1C. The van der Waals surface area contributed by atoms with Gasteiger partial charge in [-0.15, -0.1) is 0 Å². The van der Waals surface area contributed by atoms with Crippen molar-refractivity contribution in [2.75, 3.05) is 0 Å². The Morgan fingerprint density at radius 2 is 2.19 bits per heavy atom. The minimum absolute atomic E-state index is 0.0346. The maximum absolute atomic E-state index is 12.3. The van der Waals surface area contributed by atoms with E-state index in [0.717, 1.165) is 17.7 Å². The number of nitrogens with zero attached hydrogens (tertiary/aromatic N) is 2. The van der Waals surface area contributed by atoms with Gasteiger partial charge in [0.2, 0.25) is 0 Å². The minimum Gasteiger partial charge on any atom is -0.460 e. The van der Waals surface area contributed by atoms with E-state index in [1.54, 1.807) is 13.1 Å². The highest BCUT2D eigenvalue weighted by molar-refractivity contribution is 5.98. The average Bonchev–Trinajstić information content (AvgIpc) is 2.87. The van der Waals surface area contributed by atoms with Gasteiger partial charge in [-0.25, -0.2) is 4.79 Å². The number of esters is 1. The molecule has 0 bridgehead atoms. The number of cyclic esters (lactones) is 1. The number of oxime groups is 1. The summed E-state index contributed by atoms with van der Waals surface area (Å²) in [7, 11) is 0. The van der Waals surface area contributed by atoms with E-state index in [-0.39, 0.29) is 23.9 Å². The zero-order valence-electron chi connectivity index (χ0n) is 16.3. The lowest BCUT2D eigenvalue weighted by Crippen LogP contribution is -2.53. The van der Waals surface area contributed by atoms with Crippen LogP contribution in [0.2, 0.25) is 0 Å². The van der Waals surface area contributed by atoms with E-state index in [1.807, 2.05) is 25.1 Å². The number of hydrogen-bond acceptors (Lipinski definition) is 6. The number of allylic oxidation sites excluding steroid dienone is 1. The van der Waals surface area contributed by atoms with Crippen LogP contribution in [0.25, 0.3) is 6.08 Å². The minimum atomic E-state index is -1.40. The molecule has 6 nitrogen and oxygen atoms in total. The summed E-state index contributed by atoms with van der Waals surface area (Å²) in [5.41, 5.74) is 0.640. The number of aromatic nitrogens is 1. The Bertz CT molecular complexity index is 758. The molecule has 0 unspecified atom stereocenters. The van der Waals surface area contributed by atoms with Crippen LogP contribution in [0, 0.1) is 23.7 Å². The first kappa shape index (κ1) is 19.5. The summed E-state index contributed by atoms with van der Waals surface area (Å²) in [5, 5.41) is 23.1.